The summed E-state index contributed by atoms with van der Waals surface area (Å²) in [5.74, 6) is -0.624. The van der Waals surface area contributed by atoms with E-state index >= 15 is 0 Å². The zero-order valence-corrected chi connectivity index (χ0v) is 7.97. The number of halogens is 3. The van der Waals surface area contributed by atoms with Gasteiger partial charge in [-0.25, -0.2) is 0 Å². The number of nitrogens with one attached hydrogen (secondary N) is 2. The van der Waals surface area contributed by atoms with Crippen molar-refractivity contribution in [3.63, 3.8) is 0 Å². The fraction of sp³-hybridized carbons (Fsp3) is 0.429. The summed E-state index contributed by atoms with van der Waals surface area (Å²) in [5.41, 5.74) is 5.54. The van der Waals surface area contributed by atoms with Crippen LogP contribution in [-0.2, 0) is 9.53 Å². The minimum Gasteiger partial charge on any atom is -0.394 e. The van der Waals surface area contributed by atoms with Gasteiger partial charge < -0.3 is 15.8 Å². The highest BCUT2D eigenvalue weighted by Crippen LogP contribution is 2.15. The second-order valence-corrected chi connectivity index (χ2v) is 2.86. The molecule has 1 aromatic heterocycles. The normalized spacial score (nSPS) is 11.4. The summed E-state index contributed by atoms with van der Waals surface area (Å²) >= 11 is 0. The van der Waals surface area contributed by atoms with Crippen molar-refractivity contribution in [1.82, 2.24) is 10.2 Å². The summed E-state index contributed by atoms with van der Waals surface area (Å²) in [6, 6.07) is 0. The number of carbonyl (C=O) groups is 1. The van der Waals surface area contributed by atoms with E-state index in [2.05, 4.69) is 20.3 Å². The van der Waals surface area contributed by atoms with Gasteiger partial charge in [0.2, 0.25) is 0 Å². The van der Waals surface area contributed by atoms with Gasteiger partial charge in [0, 0.05) is 0 Å². The monoisotopic (exact) mass is 238 g/mol. The molecule has 0 bridgehead atoms. The number of H-pyrrole nitrogens is 1. The Morgan fingerprint density at radius 2 is 2.31 bits per heavy atom. The molecule has 0 radical (unpaired) electrons. The van der Waals surface area contributed by atoms with Gasteiger partial charge in [0.1, 0.15) is 13.2 Å². The molecule has 1 heterocycles. The molecule has 0 aromatic carbocycles. The van der Waals surface area contributed by atoms with Crippen LogP contribution in [0.5, 0.6) is 0 Å². The van der Waals surface area contributed by atoms with E-state index in [4.69, 9.17) is 5.73 Å². The average Bonchev–Trinajstić information content (AvgIpc) is 2.49. The van der Waals surface area contributed by atoms with Crippen molar-refractivity contribution >= 4 is 17.4 Å². The largest absolute Gasteiger partial charge is 0.411 e. The number of carbonyl (C=O) groups excluding carboxylic acids is 1. The number of amides is 1. The number of ether oxygens (including phenoxy) is 1. The molecule has 0 atom stereocenters. The molecule has 0 aliphatic carbocycles. The van der Waals surface area contributed by atoms with Crippen LogP contribution < -0.4 is 11.1 Å². The van der Waals surface area contributed by atoms with E-state index in [9.17, 15) is 18.0 Å². The molecule has 1 rings (SSSR count). The Morgan fingerprint density at radius 3 is 2.81 bits per heavy atom. The summed E-state index contributed by atoms with van der Waals surface area (Å²) < 4.78 is 39.1. The molecular formula is C7H9F3N4O2. The zero-order chi connectivity index (χ0) is 12.2. The van der Waals surface area contributed by atoms with Gasteiger partial charge in [0.05, 0.1) is 11.9 Å². The number of aromatic nitrogens is 2. The van der Waals surface area contributed by atoms with Crippen molar-refractivity contribution in [3.8, 4) is 0 Å². The Bertz CT molecular complexity index is 363. The molecule has 0 saturated carbocycles. The summed E-state index contributed by atoms with van der Waals surface area (Å²) in [4.78, 5) is 11.0. The first kappa shape index (κ1) is 12.3. The molecule has 90 valence electrons. The minimum absolute atomic E-state index is 0.126. The third-order valence-corrected chi connectivity index (χ3v) is 1.43. The summed E-state index contributed by atoms with van der Waals surface area (Å²) in [7, 11) is 0. The van der Waals surface area contributed by atoms with Gasteiger partial charge in [-0.3, -0.25) is 9.89 Å². The lowest BCUT2D eigenvalue weighted by Gasteiger charge is -2.07. The van der Waals surface area contributed by atoms with Crippen molar-refractivity contribution in [2.24, 2.45) is 0 Å². The molecule has 4 N–H and O–H groups in total. The molecule has 0 saturated heterocycles. The molecule has 1 aromatic rings. The summed E-state index contributed by atoms with van der Waals surface area (Å²) in [5, 5.41) is 8.07. The second kappa shape index (κ2) is 4.84. The van der Waals surface area contributed by atoms with Crippen LogP contribution in [0, 0.1) is 0 Å². The SMILES string of the molecule is Nc1cn[nH]c1NC(=O)COCC(F)(F)F. The molecular weight excluding hydrogens is 229 g/mol. The summed E-state index contributed by atoms with van der Waals surface area (Å²) in [6.07, 6.45) is -3.19. The van der Waals surface area contributed by atoms with Crippen LogP contribution in [0.4, 0.5) is 24.7 Å². The minimum atomic E-state index is -4.45. The fourth-order valence-electron chi connectivity index (χ4n) is 0.831. The Labute approximate surface area is 87.9 Å². The maximum absolute atomic E-state index is 11.7. The molecule has 0 unspecified atom stereocenters. The van der Waals surface area contributed by atoms with Crippen LogP contribution in [-0.4, -0.2) is 35.5 Å². The second-order valence-electron chi connectivity index (χ2n) is 2.86. The first-order valence-corrected chi connectivity index (χ1v) is 4.11. The predicted molar refractivity (Wildman–Crippen MR) is 48.5 cm³/mol. The van der Waals surface area contributed by atoms with Gasteiger partial charge in [0.15, 0.2) is 5.82 Å². The Hall–Kier alpha value is -1.77. The van der Waals surface area contributed by atoms with Crippen molar-refractivity contribution in [1.29, 1.82) is 0 Å². The van der Waals surface area contributed by atoms with Crippen molar-refractivity contribution in [2.75, 3.05) is 24.3 Å². The van der Waals surface area contributed by atoms with Gasteiger partial charge in [-0.2, -0.15) is 18.3 Å². The Balaban J connectivity index is 2.30. The molecule has 0 aliphatic heterocycles. The van der Waals surface area contributed by atoms with E-state index in [0.29, 0.717) is 0 Å². The van der Waals surface area contributed by atoms with Crippen LogP contribution in [0.1, 0.15) is 0 Å². The fourth-order valence-corrected chi connectivity index (χ4v) is 0.831. The smallest absolute Gasteiger partial charge is 0.394 e. The molecule has 1 amide bonds. The number of rotatable bonds is 4. The van der Waals surface area contributed by atoms with Gasteiger partial charge in [0.25, 0.3) is 5.91 Å². The van der Waals surface area contributed by atoms with Crippen molar-refractivity contribution in [2.45, 2.75) is 6.18 Å². The summed E-state index contributed by atoms with van der Waals surface area (Å²) in [6.45, 7) is -2.18. The Morgan fingerprint density at radius 1 is 1.62 bits per heavy atom. The number of alkyl halides is 3. The topological polar surface area (TPSA) is 93.0 Å². The highest BCUT2D eigenvalue weighted by molar-refractivity contribution is 5.93. The van der Waals surface area contributed by atoms with E-state index < -0.39 is 25.3 Å². The lowest BCUT2D eigenvalue weighted by Crippen LogP contribution is -2.24. The number of nitrogen functional groups attached to an aromatic ring is 1. The van der Waals surface area contributed by atoms with Crippen molar-refractivity contribution < 1.29 is 22.7 Å². The number of hydrogen-bond acceptors (Lipinski definition) is 4. The van der Waals surface area contributed by atoms with Crippen LogP contribution in [0.15, 0.2) is 6.20 Å². The number of aromatic amines is 1. The van der Waals surface area contributed by atoms with E-state index in [0.717, 1.165) is 0 Å². The van der Waals surface area contributed by atoms with Gasteiger partial charge in [-0.05, 0) is 0 Å². The first-order chi connectivity index (χ1) is 7.38. The Kier molecular flexibility index (Phi) is 3.72. The quantitative estimate of drug-likeness (QED) is 0.712. The van der Waals surface area contributed by atoms with E-state index in [1.807, 2.05) is 0 Å². The molecule has 0 spiro atoms. The molecule has 0 aliphatic rings. The third-order valence-electron chi connectivity index (χ3n) is 1.43. The predicted octanol–water partition coefficient (Wildman–Crippen LogP) is 0.509. The first-order valence-electron chi connectivity index (χ1n) is 4.11. The van der Waals surface area contributed by atoms with Crippen molar-refractivity contribution in [3.05, 3.63) is 6.20 Å². The van der Waals surface area contributed by atoms with Gasteiger partial charge in [-0.15, -0.1) is 0 Å². The van der Waals surface area contributed by atoms with Crippen LogP contribution >= 0.6 is 0 Å². The number of nitrogens with two attached hydrogens (primary N) is 1. The van der Waals surface area contributed by atoms with Crippen LogP contribution in [0.2, 0.25) is 0 Å². The van der Waals surface area contributed by atoms with Gasteiger partial charge in [-0.1, -0.05) is 0 Å². The number of anilines is 2. The maximum atomic E-state index is 11.7. The van der Waals surface area contributed by atoms with E-state index in [-0.39, 0.29) is 11.5 Å². The van der Waals surface area contributed by atoms with E-state index in [1.165, 1.54) is 6.20 Å². The molecule has 0 fully saturated rings. The number of nitrogens with zero attached hydrogens (tertiary/aromatic N) is 1. The molecule has 16 heavy (non-hydrogen) atoms. The highest BCUT2D eigenvalue weighted by atomic mass is 19.4. The van der Waals surface area contributed by atoms with Gasteiger partial charge >= 0.3 is 6.18 Å². The maximum Gasteiger partial charge on any atom is 0.411 e. The average molecular weight is 238 g/mol. The standard InChI is InChI=1S/C7H9F3N4O2/c8-7(9,10)3-16-2-5(15)13-6-4(11)1-12-14-6/h1H,2-3,11H2,(H2,12,13,14,15). The van der Waals surface area contributed by atoms with Crippen LogP contribution in [0.3, 0.4) is 0 Å². The zero-order valence-electron chi connectivity index (χ0n) is 7.97. The lowest BCUT2D eigenvalue weighted by molar-refractivity contribution is -0.174. The lowest BCUT2D eigenvalue weighted by atomic mass is 10.5. The molecule has 6 nitrogen and oxygen atoms in total. The van der Waals surface area contributed by atoms with Crippen LogP contribution in [0.25, 0.3) is 0 Å². The van der Waals surface area contributed by atoms with E-state index in [1.54, 1.807) is 0 Å². The number of hydrogen-bond donors (Lipinski definition) is 3. The molecule has 9 heteroatoms. The highest BCUT2D eigenvalue weighted by Gasteiger charge is 2.27. The third kappa shape index (κ3) is 4.17.